The topological polar surface area (TPSA) is 29.1 Å². The number of carbonyl (C=O) groups excluding carboxylic acids is 1. The van der Waals surface area contributed by atoms with Crippen LogP contribution in [0, 0.1) is 23.7 Å². The molecule has 92 valence electrons. The van der Waals surface area contributed by atoms with Gasteiger partial charge in [-0.3, -0.25) is 4.79 Å². The highest BCUT2D eigenvalue weighted by atomic mass is 35.5. The van der Waals surface area contributed by atoms with Crippen LogP contribution in [-0.4, -0.2) is 18.3 Å². The van der Waals surface area contributed by atoms with Crippen LogP contribution in [0.2, 0.25) is 0 Å². The number of alkyl halides is 1. The molecule has 2 aliphatic carbocycles. The average Bonchev–Trinajstić information content (AvgIpc) is 2.78. The smallest absolute Gasteiger partial charge is 0.223 e. The minimum Gasteiger partial charge on any atom is -0.356 e. The van der Waals surface area contributed by atoms with Gasteiger partial charge in [0.1, 0.15) is 0 Å². The van der Waals surface area contributed by atoms with E-state index in [9.17, 15) is 4.79 Å². The van der Waals surface area contributed by atoms with Crippen LogP contribution in [0.3, 0.4) is 0 Å². The van der Waals surface area contributed by atoms with Crippen LogP contribution in [0.25, 0.3) is 0 Å². The third-order valence-corrected chi connectivity index (χ3v) is 4.67. The number of rotatable bonds is 6. The van der Waals surface area contributed by atoms with E-state index in [-0.39, 0.29) is 0 Å². The molecule has 3 unspecified atom stereocenters. The number of hydrogen-bond acceptors (Lipinski definition) is 1. The largest absolute Gasteiger partial charge is 0.356 e. The second-order valence-corrected chi connectivity index (χ2v) is 5.79. The van der Waals surface area contributed by atoms with Gasteiger partial charge in [0.25, 0.3) is 0 Å². The van der Waals surface area contributed by atoms with Crippen molar-refractivity contribution in [1.29, 1.82) is 0 Å². The van der Waals surface area contributed by atoms with Crippen LogP contribution in [0.15, 0.2) is 0 Å². The molecule has 0 radical (unpaired) electrons. The van der Waals surface area contributed by atoms with E-state index in [2.05, 4.69) is 12.2 Å². The van der Waals surface area contributed by atoms with Crippen LogP contribution >= 0.6 is 11.6 Å². The molecular weight excluding hydrogens is 222 g/mol. The van der Waals surface area contributed by atoms with Crippen molar-refractivity contribution in [2.24, 2.45) is 23.7 Å². The summed E-state index contributed by atoms with van der Waals surface area (Å²) in [6.07, 6.45) is 6.08. The first-order valence-corrected chi connectivity index (χ1v) is 7.11. The first-order valence-electron chi connectivity index (χ1n) is 6.57. The highest BCUT2D eigenvalue weighted by Crippen LogP contribution is 2.57. The predicted octanol–water partition coefficient (Wildman–Crippen LogP) is 2.80. The molecule has 0 aromatic heterocycles. The SMILES string of the molecule is CC(CCl)CCCNC(=O)C1C2CCCC21. The molecule has 2 fully saturated rings. The van der Waals surface area contributed by atoms with Crippen molar-refractivity contribution in [3.63, 3.8) is 0 Å². The lowest BCUT2D eigenvalue weighted by atomic mass is 10.1. The molecule has 2 saturated carbocycles. The fraction of sp³-hybridized carbons (Fsp3) is 0.923. The number of carbonyl (C=O) groups is 1. The molecule has 0 saturated heterocycles. The van der Waals surface area contributed by atoms with Gasteiger partial charge in [-0.1, -0.05) is 13.3 Å². The zero-order valence-corrected chi connectivity index (χ0v) is 10.8. The summed E-state index contributed by atoms with van der Waals surface area (Å²) < 4.78 is 0. The number of nitrogens with one attached hydrogen (secondary N) is 1. The molecule has 0 bridgehead atoms. The highest BCUT2D eigenvalue weighted by Gasteiger charge is 2.56. The molecule has 2 rings (SSSR count). The Kier molecular flexibility index (Phi) is 4.12. The first kappa shape index (κ1) is 12.2. The monoisotopic (exact) mass is 243 g/mol. The Morgan fingerprint density at radius 2 is 2.12 bits per heavy atom. The van der Waals surface area contributed by atoms with Crippen molar-refractivity contribution in [2.75, 3.05) is 12.4 Å². The summed E-state index contributed by atoms with van der Waals surface area (Å²) in [7, 11) is 0. The number of amides is 1. The van der Waals surface area contributed by atoms with Gasteiger partial charge in [0.05, 0.1) is 0 Å². The molecule has 0 spiro atoms. The summed E-state index contributed by atoms with van der Waals surface area (Å²) in [6.45, 7) is 2.98. The maximum Gasteiger partial charge on any atom is 0.223 e. The molecule has 1 amide bonds. The van der Waals surface area contributed by atoms with E-state index in [0.29, 0.717) is 17.7 Å². The van der Waals surface area contributed by atoms with Gasteiger partial charge in [-0.25, -0.2) is 0 Å². The fourth-order valence-corrected chi connectivity index (χ4v) is 3.22. The Balaban J connectivity index is 1.55. The molecule has 0 aromatic carbocycles. The van der Waals surface area contributed by atoms with Crippen molar-refractivity contribution in [2.45, 2.75) is 39.0 Å². The Bertz CT molecular complexity index is 246. The van der Waals surface area contributed by atoms with Crippen LogP contribution in [0.5, 0.6) is 0 Å². The second kappa shape index (κ2) is 5.39. The lowest BCUT2D eigenvalue weighted by Crippen LogP contribution is -2.27. The summed E-state index contributed by atoms with van der Waals surface area (Å²) >= 11 is 5.73. The minimum absolute atomic E-state index is 0.313. The second-order valence-electron chi connectivity index (χ2n) is 5.48. The van der Waals surface area contributed by atoms with Crippen molar-refractivity contribution < 1.29 is 4.79 Å². The Morgan fingerprint density at radius 3 is 2.75 bits per heavy atom. The lowest BCUT2D eigenvalue weighted by molar-refractivity contribution is -0.123. The van der Waals surface area contributed by atoms with E-state index >= 15 is 0 Å². The molecule has 0 aliphatic heterocycles. The quantitative estimate of drug-likeness (QED) is 0.564. The summed E-state index contributed by atoms with van der Waals surface area (Å²) in [6, 6.07) is 0. The van der Waals surface area contributed by atoms with Crippen LogP contribution < -0.4 is 5.32 Å². The van der Waals surface area contributed by atoms with E-state index in [1.54, 1.807) is 0 Å². The summed E-state index contributed by atoms with van der Waals surface area (Å²) in [5, 5.41) is 3.07. The molecule has 2 aliphatic rings. The van der Waals surface area contributed by atoms with Gasteiger partial charge in [0, 0.05) is 18.3 Å². The van der Waals surface area contributed by atoms with Gasteiger partial charge in [-0.15, -0.1) is 11.6 Å². The van der Waals surface area contributed by atoms with Crippen LogP contribution in [0.4, 0.5) is 0 Å². The Hall–Kier alpha value is -0.240. The van der Waals surface area contributed by atoms with Crippen LogP contribution in [0.1, 0.15) is 39.0 Å². The highest BCUT2D eigenvalue weighted by molar-refractivity contribution is 6.18. The maximum atomic E-state index is 11.8. The molecule has 0 heterocycles. The average molecular weight is 244 g/mol. The summed E-state index contributed by atoms with van der Waals surface area (Å²) in [5.74, 6) is 3.45. The third-order valence-electron chi connectivity index (χ3n) is 4.15. The maximum absolute atomic E-state index is 11.8. The zero-order chi connectivity index (χ0) is 11.5. The van der Waals surface area contributed by atoms with E-state index < -0.39 is 0 Å². The van der Waals surface area contributed by atoms with Gasteiger partial charge in [0.2, 0.25) is 5.91 Å². The number of hydrogen-bond donors (Lipinski definition) is 1. The van der Waals surface area contributed by atoms with E-state index in [0.717, 1.165) is 37.1 Å². The summed E-state index contributed by atoms with van der Waals surface area (Å²) in [4.78, 5) is 11.8. The van der Waals surface area contributed by atoms with E-state index in [1.165, 1.54) is 19.3 Å². The zero-order valence-electron chi connectivity index (χ0n) is 10.0. The first-order chi connectivity index (χ1) is 7.74. The van der Waals surface area contributed by atoms with Gasteiger partial charge >= 0.3 is 0 Å². The molecule has 1 N–H and O–H groups in total. The Morgan fingerprint density at radius 1 is 1.44 bits per heavy atom. The third kappa shape index (κ3) is 2.71. The molecule has 2 nitrogen and oxygen atoms in total. The van der Waals surface area contributed by atoms with Crippen molar-refractivity contribution in [3.8, 4) is 0 Å². The molecule has 0 aromatic rings. The van der Waals surface area contributed by atoms with E-state index in [1.807, 2.05) is 0 Å². The van der Waals surface area contributed by atoms with Gasteiger partial charge in [-0.05, 0) is 43.4 Å². The predicted molar refractivity (Wildman–Crippen MR) is 66.4 cm³/mol. The molecule has 3 heteroatoms. The lowest BCUT2D eigenvalue weighted by Gasteiger charge is -2.09. The molecule has 3 atom stereocenters. The van der Waals surface area contributed by atoms with Crippen molar-refractivity contribution >= 4 is 17.5 Å². The van der Waals surface area contributed by atoms with Crippen LogP contribution in [-0.2, 0) is 4.79 Å². The molecule has 16 heavy (non-hydrogen) atoms. The normalized spacial score (nSPS) is 33.2. The standard InChI is InChI=1S/C13H22ClNO/c1-9(8-14)4-3-7-15-13(16)12-10-5-2-6-11(10)12/h9-12H,2-8H2,1H3,(H,15,16). The van der Waals surface area contributed by atoms with Gasteiger partial charge in [0.15, 0.2) is 0 Å². The van der Waals surface area contributed by atoms with Crippen molar-refractivity contribution in [3.05, 3.63) is 0 Å². The number of halogens is 1. The van der Waals surface area contributed by atoms with E-state index in [4.69, 9.17) is 11.6 Å². The van der Waals surface area contributed by atoms with Gasteiger partial charge < -0.3 is 5.32 Å². The Labute approximate surface area is 103 Å². The molecular formula is C13H22ClNO. The minimum atomic E-state index is 0.313. The number of fused-ring (bicyclic) bond motifs is 1. The van der Waals surface area contributed by atoms with Crippen molar-refractivity contribution in [1.82, 2.24) is 5.32 Å². The summed E-state index contributed by atoms with van der Waals surface area (Å²) in [5.41, 5.74) is 0. The fourth-order valence-electron chi connectivity index (χ4n) is 3.07. The van der Waals surface area contributed by atoms with Gasteiger partial charge in [-0.2, -0.15) is 0 Å².